The Hall–Kier alpha value is -3.12. The summed E-state index contributed by atoms with van der Waals surface area (Å²) in [6.07, 6.45) is 3.38. The number of carbonyl (C=O) groups excluding carboxylic acids is 1. The predicted molar refractivity (Wildman–Crippen MR) is 126 cm³/mol. The van der Waals surface area contributed by atoms with Crippen LogP contribution in [0.15, 0.2) is 60.7 Å². The van der Waals surface area contributed by atoms with Crippen molar-refractivity contribution in [1.82, 2.24) is 20.0 Å². The number of aromatic nitrogens is 2. The Kier molecular flexibility index (Phi) is 7.22. The van der Waals surface area contributed by atoms with Crippen LogP contribution in [0.3, 0.4) is 0 Å². The molecule has 1 aliphatic rings. The summed E-state index contributed by atoms with van der Waals surface area (Å²) in [5, 5.41) is 7.29. The van der Waals surface area contributed by atoms with Crippen LogP contribution in [0.5, 0.6) is 5.75 Å². The first-order valence-corrected chi connectivity index (χ1v) is 11.4. The highest BCUT2D eigenvalue weighted by Crippen LogP contribution is 2.20. The fraction of sp³-hybridized carbons (Fsp3) is 0.385. The van der Waals surface area contributed by atoms with Crippen molar-refractivity contribution in [3.8, 4) is 5.75 Å². The summed E-state index contributed by atoms with van der Waals surface area (Å²) in [7, 11) is 1.90. The van der Waals surface area contributed by atoms with Gasteiger partial charge in [-0.2, -0.15) is 5.10 Å². The van der Waals surface area contributed by atoms with Gasteiger partial charge in [-0.15, -0.1) is 0 Å². The molecule has 6 heteroatoms. The molecule has 4 rings (SSSR count). The van der Waals surface area contributed by atoms with Gasteiger partial charge in [0.2, 0.25) is 0 Å². The second kappa shape index (κ2) is 10.5. The van der Waals surface area contributed by atoms with E-state index in [1.54, 1.807) is 4.68 Å². The van der Waals surface area contributed by atoms with Crippen molar-refractivity contribution in [3.63, 3.8) is 0 Å². The van der Waals surface area contributed by atoms with Crippen molar-refractivity contribution in [3.05, 3.63) is 83.2 Å². The van der Waals surface area contributed by atoms with Gasteiger partial charge in [0.05, 0.1) is 12.2 Å². The van der Waals surface area contributed by atoms with Gasteiger partial charge in [-0.3, -0.25) is 9.48 Å². The number of nitrogens with zero attached hydrogens (tertiary/aromatic N) is 3. The molecule has 0 atom stereocenters. The maximum absolute atomic E-state index is 12.4. The number of carbonyl (C=O) groups is 1. The number of rotatable bonds is 8. The van der Waals surface area contributed by atoms with Crippen LogP contribution >= 0.6 is 0 Å². The smallest absolute Gasteiger partial charge is 0.251 e. The highest BCUT2D eigenvalue weighted by atomic mass is 16.5. The van der Waals surface area contributed by atoms with Gasteiger partial charge >= 0.3 is 0 Å². The van der Waals surface area contributed by atoms with Crippen LogP contribution in [0.4, 0.5) is 0 Å². The van der Waals surface area contributed by atoms with Gasteiger partial charge < -0.3 is 15.0 Å². The van der Waals surface area contributed by atoms with E-state index in [2.05, 4.69) is 45.6 Å². The molecular weight excluding hydrogens is 400 g/mol. The molecule has 1 N–H and O–H groups in total. The third-order valence-electron chi connectivity index (χ3n) is 6.11. The minimum Gasteiger partial charge on any atom is -0.490 e. The summed E-state index contributed by atoms with van der Waals surface area (Å²) in [6.45, 7) is 5.63. The van der Waals surface area contributed by atoms with Gasteiger partial charge in [0.15, 0.2) is 0 Å². The van der Waals surface area contributed by atoms with E-state index in [9.17, 15) is 4.79 Å². The second-order valence-electron chi connectivity index (χ2n) is 8.50. The number of hydrogen-bond acceptors (Lipinski definition) is 4. The third-order valence-corrected chi connectivity index (χ3v) is 6.11. The molecule has 0 aliphatic carbocycles. The minimum absolute atomic E-state index is 0.105. The standard InChI is InChI=1S/C26H32N4O2/c1-20-18-23(28-29(20)2)19-27-26(31)22-8-10-24(11-9-22)32-25-13-16-30(17-14-25)15-12-21-6-4-3-5-7-21/h3-11,18,25H,12-17,19H2,1-2H3,(H,27,31). The molecule has 3 aromatic rings. The lowest BCUT2D eigenvalue weighted by molar-refractivity contribution is 0.0949. The molecule has 0 saturated carbocycles. The average Bonchev–Trinajstić information content (AvgIpc) is 3.15. The Bertz CT molecular complexity index is 987. The van der Waals surface area contributed by atoms with Crippen LogP contribution in [0.1, 0.15) is 40.2 Å². The lowest BCUT2D eigenvalue weighted by Gasteiger charge is -2.32. The summed E-state index contributed by atoms with van der Waals surface area (Å²) in [4.78, 5) is 14.9. The maximum atomic E-state index is 12.4. The molecule has 0 spiro atoms. The van der Waals surface area contributed by atoms with Crippen LogP contribution in [0, 0.1) is 6.92 Å². The van der Waals surface area contributed by atoms with Gasteiger partial charge in [0, 0.05) is 37.9 Å². The predicted octanol–water partition coefficient (Wildman–Crippen LogP) is 3.74. The van der Waals surface area contributed by atoms with Crippen molar-refractivity contribution in [2.45, 2.75) is 38.8 Å². The van der Waals surface area contributed by atoms with Crippen LogP contribution < -0.4 is 10.1 Å². The molecule has 0 radical (unpaired) electrons. The Morgan fingerprint density at radius 3 is 2.47 bits per heavy atom. The summed E-state index contributed by atoms with van der Waals surface area (Å²) in [5.41, 5.74) is 3.94. The molecule has 0 unspecified atom stereocenters. The second-order valence-corrected chi connectivity index (χ2v) is 8.50. The largest absolute Gasteiger partial charge is 0.490 e. The van der Waals surface area contributed by atoms with Crippen LogP contribution in [-0.2, 0) is 20.0 Å². The third kappa shape index (κ3) is 5.98. The van der Waals surface area contributed by atoms with E-state index in [-0.39, 0.29) is 12.0 Å². The first-order chi connectivity index (χ1) is 15.6. The highest BCUT2D eigenvalue weighted by molar-refractivity contribution is 5.94. The molecule has 32 heavy (non-hydrogen) atoms. The topological polar surface area (TPSA) is 59.4 Å². The zero-order valence-corrected chi connectivity index (χ0v) is 19.0. The summed E-state index contributed by atoms with van der Waals surface area (Å²) >= 11 is 0. The molecular formula is C26H32N4O2. The quantitative estimate of drug-likeness (QED) is 0.589. The number of benzene rings is 2. The SMILES string of the molecule is Cc1cc(CNC(=O)c2ccc(OC3CCN(CCc4ccccc4)CC3)cc2)nn1C. The van der Waals surface area contributed by atoms with E-state index in [0.717, 1.165) is 56.0 Å². The first-order valence-electron chi connectivity index (χ1n) is 11.4. The Morgan fingerprint density at radius 1 is 1.09 bits per heavy atom. The fourth-order valence-electron chi connectivity index (χ4n) is 4.05. The van der Waals surface area contributed by atoms with Crippen molar-refractivity contribution in [2.24, 2.45) is 7.05 Å². The van der Waals surface area contributed by atoms with Crippen molar-refractivity contribution in [2.75, 3.05) is 19.6 Å². The van der Waals surface area contributed by atoms with E-state index in [0.29, 0.717) is 12.1 Å². The van der Waals surface area contributed by atoms with Gasteiger partial charge in [-0.25, -0.2) is 0 Å². The lowest BCUT2D eigenvalue weighted by Crippen LogP contribution is -2.39. The summed E-state index contributed by atoms with van der Waals surface area (Å²) in [5.74, 6) is 0.719. The lowest BCUT2D eigenvalue weighted by atomic mass is 10.1. The Labute approximate surface area is 190 Å². The van der Waals surface area contributed by atoms with Gasteiger partial charge in [-0.1, -0.05) is 30.3 Å². The minimum atomic E-state index is -0.105. The number of nitrogens with one attached hydrogen (secondary N) is 1. The van der Waals surface area contributed by atoms with Crippen LogP contribution in [0.25, 0.3) is 0 Å². The number of amides is 1. The number of ether oxygens (including phenoxy) is 1. The van der Waals surface area contributed by atoms with E-state index in [1.165, 1.54) is 5.56 Å². The van der Waals surface area contributed by atoms with Gasteiger partial charge in [0.25, 0.3) is 5.91 Å². The molecule has 1 aliphatic heterocycles. The van der Waals surface area contributed by atoms with Gasteiger partial charge in [-0.05, 0) is 62.1 Å². The molecule has 6 nitrogen and oxygen atoms in total. The monoisotopic (exact) mass is 432 g/mol. The van der Waals surface area contributed by atoms with Gasteiger partial charge in [0.1, 0.15) is 11.9 Å². The normalized spacial score (nSPS) is 14.9. The first kappa shape index (κ1) is 22.1. The average molecular weight is 433 g/mol. The van der Waals surface area contributed by atoms with Crippen LogP contribution in [0.2, 0.25) is 0 Å². The molecule has 1 fully saturated rings. The molecule has 1 amide bonds. The molecule has 168 valence electrons. The van der Waals surface area contributed by atoms with Crippen molar-refractivity contribution >= 4 is 5.91 Å². The summed E-state index contributed by atoms with van der Waals surface area (Å²) < 4.78 is 7.98. The molecule has 2 aromatic carbocycles. The van der Waals surface area contributed by atoms with Crippen molar-refractivity contribution < 1.29 is 9.53 Å². The maximum Gasteiger partial charge on any atom is 0.251 e. The molecule has 1 aromatic heterocycles. The number of aryl methyl sites for hydroxylation is 2. The fourth-order valence-corrected chi connectivity index (χ4v) is 4.05. The number of piperidine rings is 1. The Morgan fingerprint density at radius 2 is 1.81 bits per heavy atom. The Balaban J connectivity index is 1.19. The van der Waals surface area contributed by atoms with E-state index >= 15 is 0 Å². The number of likely N-dealkylation sites (tertiary alicyclic amines) is 1. The molecule has 2 heterocycles. The highest BCUT2D eigenvalue weighted by Gasteiger charge is 2.20. The molecule has 1 saturated heterocycles. The zero-order chi connectivity index (χ0) is 22.3. The molecule has 0 bridgehead atoms. The number of hydrogen-bond donors (Lipinski definition) is 1. The zero-order valence-electron chi connectivity index (χ0n) is 19.0. The van der Waals surface area contributed by atoms with Crippen LogP contribution in [-0.4, -0.2) is 46.3 Å². The van der Waals surface area contributed by atoms with E-state index in [1.807, 2.05) is 44.3 Å². The van der Waals surface area contributed by atoms with Crippen molar-refractivity contribution in [1.29, 1.82) is 0 Å². The van der Waals surface area contributed by atoms with E-state index < -0.39 is 0 Å². The van der Waals surface area contributed by atoms with E-state index in [4.69, 9.17) is 4.74 Å². The summed E-state index contributed by atoms with van der Waals surface area (Å²) in [6, 6.07) is 20.1.